The van der Waals surface area contributed by atoms with Gasteiger partial charge in [0.15, 0.2) is 0 Å². The van der Waals surface area contributed by atoms with E-state index in [0.29, 0.717) is 0 Å². The fourth-order valence-corrected chi connectivity index (χ4v) is 5.47. The van der Waals surface area contributed by atoms with Crippen LogP contribution in [0.3, 0.4) is 0 Å². The van der Waals surface area contributed by atoms with Crippen molar-refractivity contribution in [2.75, 3.05) is 4.43 Å². The van der Waals surface area contributed by atoms with E-state index in [9.17, 15) is 0 Å². The number of allylic oxidation sites excluding steroid dienone is 4. The van der Waals surface area contributed by atoms with Crippen molar-refractivity contribution >= 4 is 57.8 Å². The summed E-state index contributed by atoms with van der Waals surface area (Å²) in [6.07, 6.45) is 8.54. The van der Waals surface area contributed by atoms with Gasteiger partial charge >= 0.3 is 0 Å². The molecule has 0 unspecified atom stereocenters. The summed E-state index contributed by atoms with van der Waals surface area (Å²) in [5.74, 6) is 0. The maximum Gasteiger partial charge on any atom is 0.0569 e. The molecule has 0 N–H and O–H groups in total. The highest BCUT2D eigenvalue weighted by Gasteiger charge is 2.14. The smallest absolute Gasteiger partial charge is 0.0569 e. The Kier molecular flexibility index (Phi) is 4.02. The molecule has 0 aliphatic carbocycles. The van der Waals surface area contributed by atoms with Crippen LogP contribution in [0.4, 0.5) is 0 Å². The molecule has 0 radical (unpaired) electrons. The average molecular weight is 448 g/mol. The Bertz CT molecular complexity index is 1140. The zero-order chi connectivity index (χ0) is 17.3. The molecule has 2 aromatic heterocycles. The quantitative estimate of drug-likeness (QED) is 0.276. The molecule has 0 saturated heterocycles. The van der Waals surface area contributed by atoms with Gasteiger partial charge in [0.2, 0.25) is 0 Å². The third kappa shape index (κ3) is 2.63. The van der Waals surface area contributed by atoms with Crippen LogP contribution in [0.2, 0.25) is 0 Å². The van der Waals surface area contributed by atoms with Gasteiger partial charge < -0.3 is 4.57 Å². The minimum absolute atomic E-state index is 0.00199. The minimum atomic E-state index is 0.00199. The molecular weight excluding hydrogens is 431 g/mol. The molecule has 1 aliphatic heterocycles. The van der Waals surface area contributed by atoms with Crippen molar-refractivity contribution in [1.82, 2.24) is 9.55 Å². The van der Waals surface area contributed by atoms with E-state index in [-0.39, 0.29) is 20.7 Å². The summed E-state index contributed by atoms with van der Waals surface area (Å²) in [5, 5.41) is 2.49. The monoisotopic (exact) mass is 448 g/mol. The Labute approximate surface area is 162 Å². The Balaban J connectivity index is 1.78. The molecular formula is C23H17IN2. The third-order valence-electron chi connectivity index (χ3n) is 4.74. The second-order valence-corrected chi connectivity index (χ2v) is 8.65. The lowest BCUT2D eigenvalue weighted by molar-refractivity contribution is 1.21. The van der Waals surface area contributed by atoms with E-state index in [0.717, 1.165) is 4.43 Å². The SMILES string of the molecule is C1=ICC(n2c3ccccc3c3cnccc32)=CC(c2ccccc2)=C1. The molecule has 0 saturated carbocycles. The number of alkyl halides is 1. The first-order valence-corrected chi connectivity index (χ1v) is 11.4. The Morgan fingerprint density at radius 2 is 1.65 bits per heavy atom. The maximum absolute atomic E-state index is 4.36. The number of aromatic nitrogens is 2. The van der Waals surface area contributed by atoms with Crippen LogP contribution in [0, 0.1) is 0 Å². The lowest BCUT2D eigenvalue weighted by Gasteiger charge is -2.11. The van der Waals surface area contributed by atoms with Gasteiger partial charge in [-0.15, -0.1) is 20.7 Å². The molecule has 2 nitrogen and oxygen atoms in total. The van der Waals surface area contributed by atoms with Crippen LogP contribution in [0.5, 0.6) is 0 Å². The van der Waals surface area contributed by atoms with Crippen LogP contribution < -0.4 is 0 Å². The van der Waals surface area contributed by atoms with E-state index in [1.54, 1.807) is 0 Å². The standard InChI is InChI=1S/C23H17IN2/c1-2-6-17(7-3-1)18-10-12-24-15-19(14-18)26-22-9-5-4-8-20(22)21-16-25-13-11-23(21)26/h1-14,16H,15H2. The van der Waals surface area contributed by atoms with Crippen LogP contribution >= 0.6 is 20.7 Å². The van der Waals surface area contributed by atoms with Crippen LogP contribution in [0.25, 0.3) is 33.1 Å². The summed E-state index contributed by atoms with van der Waals surface area (Å²) >= 11 is 0.00199. The first-order chi connectivity index (χ1) is 12.9. The number of nitrogens with zero attached hydrogens (tertiary/aromatic N) is 2. The predicted octanol–water partition coefficient (Wildman–Crippen LogP) is 5.90. The molecule has 126 valence electrons. The van der Waals surface area contributed by atoms with Crippen molar-refractivity contribution in [3.05, 3.63) is 90.8 Å². The molecule has 1 aliphatic rings. The van der Waals surface area contributed by atoms with Gasteiger partial charge in [-0.05, 0) is 39.4 Å². The molecule has 0 amide bonds. The predicted molar refractivity (Wildman–Crippen MR) is 121 cm³/mol. The lowest BCUT2D eigenvalue weighted by atomic mass is 10.0. The van der Waals surface area contributed by atoms with Crippen LogP contribution in [-0.2, 0) is 0 Å². The third-order valence-corrected chi connectivity index (χ3v) is 6.83. The molecule has 0 fully saturated rings. The number of hydrogen-bond acceptors (Lipinski definition) is 1. The first kappa shape index (κ1) is 15.7. The maximum atomic E-state index is 4.36. The van der Waals surface area contributed by atoms with Gasteiger partial charge in [-0.2, -0.15) is 0 Å². The van der Waals surface area contributed by atoms with Crippen LogP contribution in [-0.4, -0.2) is 18.0 Å². The van der Waals surface area contributed by atoms with Gasteiger partial charge in [0.25, 0.3) is 0 Å². The van der Waals surface area contributed by atoms with Gasteiger partial charge in [-0.1, -0.05) is 48.5 Å². The molecule has 26 heavy (non-hydrogen) atoms. The molecule has 4 aromatic rings. The van der Waals surface area contributed by atoms with Crippen molar-refractivity contribution < 1.29 is 0 Å². The summed E-state index contributed by atoms with van der Waals surface area (Å²) in [4.78, 5) is 4.36. The Morgan fingerprint density at radius 3 is 2.58 bits per heavy atom. The number of hydrogen-bond donors (Lipinski definition) is 0. The van der Waals surface area contributed by atoms with Crippen molar-refractivity contribution in [3.63, 3.8) is 0 Å². The number of halogens is 1. The molecule has 3 heteroatoms. The van der Waals surface area contributed by atoms with E-state index in [1.165, 1.54) is 38.6 Å². The highest BCUT2D eigenvalue weighted by molar-refractivity contribution is 14.2. The largest absolute Gasteiger partial charge is 0.312 e. The number of benzene rings is 2. The number of para-hydroxylation sites is 1. The van der Waals surface area contributed by atoms with Crippen molar-refractivity contribution in [2.45, 2.75) is 0 Å². The zero-order valence-electron chi connectivity index (χ0n) is 14.1. The van der Waals surface area contributed by atoms with Crippen LogP contribution in [0.15, 0.2) is 85.2 Å². The van der Waals surface area contributed by atoms with Gasteiger partial charge in [0.05, 0.1) is 11.0 Å². The summed E-state index contributed by atoms with van der Waals surface area (Å²) in [7, 11) is 0. The van der Waals surface area contributed by atoms with Crippen molar-refractivity contribution in [1.29, 1.82) is 0 Å². The molecule has 5 rings (SSSR count). The summed E-state index contributed by atoms with van der Waals surface area (Å²) in [5.41, 5.74) is 6.44. The summed E-state index contributed by atoms with van der Waals surface area (Å²) in [6.45, 7) is 0. The van der Waals surface area contributed by atoms with Crippen LogP contribution in [0.1, 0.15) is 5.56 Å². The topological polar surface area (TPSA) is 17.8 Å². The van der Waals surface area contributed by atoms with E-state index >= 15 is 0 Å². The fraction of sp³-hybridized carbons (Fsp3) is 0.0435. The molecule has 0 bridgehead atoms. The molecule has 3 heterocycles. The lowest BCUT2D eigenvalue weighted by Crippen LogP contribution is -1.98. The highest BCUT2D eigenvalue weighted by atomic mass is 127. The van der Waals surface area contributed by atoms with Gasteiger partial charge in [0.1, 0.15) is 0 Å². The Morgan fingerprint density at radius 1 is 0.846 bits per heavy atom. The molecule has 2 aromatic carbocycles. The second kappa shape index (κ2) is 6.65. The van der Waals surface area contributed by atoms with Gasteiger partial charge in [-0.25, -0.2) is 0 Å². The van der Waals surface area contributed by atoms with Gasteiger partial charge in [-0.3, -0.25) is 4.98 Å². The summed E-state index contributed by atoms with van der Waals surface area (Å²) in [6, 6.07) is 21.4. The summed E-state index contributed by atoms with van der Waals surface area (Å²) < 4.78 is 5.95. The van der Waals surface area contributed by atoms with Gasteiger partial charge in [0, 0.05) is 33.3 Å². The second-order valence-electron chi connectivity index (χ2n) is 6.28. The van der Waals surface area contributed by atoms with E-state index in [4.69, 9.17) is 0 Å². The molecule has 0 atom stereocenters. The normalized spacial score (nSPS) is 14.6. The van der Waals surface area contributed by atoms with E-state index in [1.807, 2.05) is 12.4 Å². The Hall–Kier alpha value is -2.53. The molecule has 0 spiro atoms. The number of fused-ring (bicyclic) bond motifs is 3. The van der Waals surface area contributed by atoms with E-state index in [2.05, 4.69) is 86.4 Å². The first-order valence-electron chi connectivity index (χ1n) is 8.62. The minimum Gasteiger partial charge on any atom is -0.312 e. The van der Waals surface area contributed by atoms with Crippen molar-refractivity contribution in [2.24, 2.45) is 0 Å². The highest BCUT2D eigenvalue weighted by Crippen LogP contribution is 2.34. The number of pyridine rings is 1. The average Bonchev–Trinajstić information content (AvgIpc) is 2.85. The zero-order valence-corrected chi connectivity index (χ0v) is 16.3. The van der Waals surface area contributed by atoms with E-state index < -0.39 is 0 Å². The fourth-order valence-electron chi connectivity index (χ4n) is 3.56. The van der Waals surface area contributed by atoms with Crippen molar-refractivity contribution in [3.8, 4) is 0 Å². The number of rotatable bonds is 2.